The average molecular weight is 247 g/mol. The Morgan fingerprint density at radius 2 is 2.00 bits per heavy atom. The summed E-state index contributed by atoms with van der Waals surface area (Å²) >= 11 is 7.47. The van der Waals surface area contributed by atoms with E-state index in [1.165, 1.54) is 4.90 Å². The van der Waals surface area contributed by atoms with Crippen LogP contribution in [-0.2, 0) is 10.8 Å². The highest BCUT2D eigenvalue weighted by Gasteiger charge is 1.97. The van der Waals surface area contributed by atoms with Gasteiger partial charge in [-0.3, -0.25) is 4.21 Å². The average Bonchev–Trinajstić information content (AvgIpc) is 2.19. The molecule has 0 fully saturated rings. The Morgan fingerprint density at radius 1 is 1.43 bits per heavy atom. The normalized spacial score (nSPS) is 14.1. The Hall–Kier alpha value is -0.250. The first-order valence-electron chi connectivity index (χ1n) is 3.98. The van der Waals surface area contributed by atoms with Crippen molar-refractivity contribution in [1.29, 1.82) is 0 Å². The predicted octanol–water partition coefficient (Wildman–Crippen LogP) is 3.32. The van der Waals surface area contributed by atoms with Crippen molar-refractivity contribution in [2.75, 3.05) is 12.5 Å². The van der Waals surface area contributed by atoms with Crippen LogP contribution in [0.15, 0.2) is 33.5 Å². The molecule has 0 bridgehead atoms. The van der Waals surface area contributed by atoms with Gasteiger partial charge in [-0.2, -0.15) is 0 Å². The zero-order valence-electron chi connectivity index (χ0n) is 7.99. The van der Waals surface area contributed by atoms with Gasteiger partial charge in [0.1, 0.15) is 4.36 Å². The summed E-state index contributed by atoms with van der Waals surface area (Å²) < 4.78 is 11.4. The van der Waals surface area contributed by atoms with E-state index in [-0.39, 0.29) is 0 Å². The van der Waals surface area contributed by atoms with Gasteiger partial charge in [-0.1, -0.05) is 23.7 Å². The maximum Gasteiger partial charge on any atom is 0.105 e. The van der Waals surface area contributed by atoms with E-state index in [4.69, 9.17) is 11.6 Å². The molecule has 0 saturated carbocycles. The van der Waals surface area contributed by atoms with Crippen LogP contribution in [0.4, 0.5) is 0 Å². The van der Waals surface area contributed by atoms with Gasteiger partial charge in [0.15, 0.2) is 0 Å². The molecule has 1 atom stereocenters. The van der Waals surface area contributed by atoms with E-state index < -0.39 is 10.8 Å². The zero-order chi connectivity index (χ0) is 10.6. The summed E-state index contributed by atoms with van der Waals surface area (Å²) in [6.45, 7) is 0. The Balaban J connectivity index is 2.88. The van der Waals surface area contributed by atoms with Crippen molar-refractivity contribution >= 4 is 40.2 Å². The third-order valence-corrected chi connectivity index (χ3v) is 3.84. The van der Waals surface area contributed by atoms with Gasteiger partial charge in [0.2, 0.25) is 0 Å². The standard InChI is InChI=1S/C10H11ClOS2/c1-13-9-5-3-8(4-6-9)7-10(11)14(2)12/h3-7H,1-2H3/b10-7+/t14-/m0/s1. The van der Waals surface area contributed by atoms with Crippen LogP contribution < -0.4 is 0 Å². The molecule has 0 aromatic heterocycles. The fourth-order valence-electron chi connectivity index (χ4n) is 0.914. The van der Waals surface area contributed by atoms with Gasteiger partial charge >= 0.3 is 0 Å². The van der Waals surface area contributed by atoms with Crippen molar-refractivity contribution in [2.45, 2.75) is 4.90 Å². The molecule has 1 aromatic rings. The second-order valence-corrected chi connectivity index (χ2v) is 5.53. The third kappa shape index (κ3) is 3.48. The molecule has 1 rings (SSSR count). The monoisotopic (exact) mass is 246 g/mol. The van der Waals surface area contributed by atoms with Crippen molar-refractivity contribution in [3.8, 4) is 0 Å². The number of hydrogen-bond acceptors (Lipinski definition) is 2. The van der Waals surface area contributed by atoms with Crippen molar-refractivity contribution in [2.24, 2.45) is 0 Å². The molecule has 0 N–H and O–H groups in total. The molecular weight excluding hydrogens is 236 g/mol. The highest BCUT2D eigenvalue weighted by Crippen LogP contribution is 2.18. The molecule has 0 amide bonds. The molecule has 0 unspecified atom stereocenters. The van der Waals surface area contributed by atoms with Gasteiger partial charge in [-0.25, -0.2) is 0 Å². The topological polar surface area (TPSA) is 17.1 Å². The van der Waals surface area contributed by atoms with Crippen LogP contribution in [0, 0.1) is 0 Å². The van der Waals surface area contributed by atoms with E-state index in [9.17, 15) is 4.21 Å². The summed E-state index contributed by atoms with van der Waals surface area (Å²) in [7, 11) is -1.10. The van der Waals surface area contributed by atoms with Crippen LogP contribution in [0.1, 0.15) is 5.56 Å². The Labute approximate surface area is 96.0 Å². The summed E-state index contributed by atoms with van der Waals surface area (Å²) in [6, 6.07) is 7.95. The van der Waals surface area contributed by atoms with Gasteiger partial charge in [-0.05, 0) is 30.0 Å². The zero-order valence-corrected chi connectivity index (χ0v) is 10.4. The van der Waals surface area contributed by atoms with Crippen LogP contribution in [-0.4, -0.2) is 16.7 Å². The lowest BCUT2D eigenvalue weighted by atomic mass is 10.2. The number of halogens is 1. The van der Waals surface area contributed by atoms with Crippen LogP contribution in [0.25, 0.3) is 6.08 Å². The number of thioether (sulfide) groups is 1. The van der Waals surface area contributed by atoms with Crippen molar-refractivity contribution in [3.63, 3.8) is 0 Å². The SMILES string of the molecule is CSc1ccc(/C=C(\Cl)[S@](C)=O)cc1. The highest BCUT2D eigenvalue weighted by atomic mass is 35.5. The molecule has 4 heteroatoms. The maximum absolute atomic E-state index is 11.0. The molecule has 0 heterocycles. The van der Waals surface area contributed by atoms with Gasteiger partial charge in [0.05, 0.1) is 10.8 Å². The minimum Gasteiger partial charge on any atom is -0.254 e. The number of hydrogen-bond donors (Lipinski definition) is 0. The van der Waals surface area contributed by atoms with Gasteiger partial charge < -0.3 is 0 Å². The van der Waals surface area contributed by atoms with E-state index in [1.54, 1.807) is 24.1 Å². The molecule has 76 valence electrons. The first kappa shape index (κ1) is 11.8. The highest BCUT2D eigenvalue weighted by molar-refractivity contribution is 7.98. The molecule has 0 aliphatic rings. The lowest BCUT2D eigenvalue weighted by molar-refractivity contribution is 0.691. The summed E-state index contributed by atoms with van der Waals surface area (Å²) in [4.78, 5) is 1.20. The van der Waals surface area contributed by atoms with Crippen molar-refractivity contribution in [3.05, 3.63) is 34.2 Å². The fraction of sp³-hybridized carbons (Fsp3) is 0.200. The minimum atomic E-state index is -1.10. The molecule has 0 aliphatic heterocycles. The van der Waals surface area contributed by atoms with Crippen molar-refractivity contribution in [1.82, 2.24) is 0 Å². The Morgan fingerprint density at radius 3 is 2.43 bits per heavy atom. The van der Waals surface area contributed by atoms with E-state index in [0.717, 1.165) is 5.56 Å². The van der Waals surface area contributed by atoms with Crippen LogP contribution >= 0.6 is 23.4 Å². The van der Waals surface area contributed by atoms with E-state index >= 15 is 0 Å². The van der Waals surface area contributed by atoms with E-state index in [1.807, 2.05) is 30.5 Å². The first-order valence-corrected chi connectivity index (χ1v) is 7.14. The van der Waals surface area contributed by atoms with Crippen LogP contribution in [0.3, 0.4) is 0 Å². The summed E-state index contributed by atoms with van der Waals surface area (Å²) in [5.74, 6) is 0. The second-order valence-electron chi connectivity index (χ2n) is 2.68. The molecule has 1 nitrogen and oxygen atoms in total. The number of benzene rings is 1. The quantitative estimate of drug-likeness (QED) is 0.761. The molecule has 14 heavy (non-hydrogen) atoms. The minimum absolute atomic E-state index is 0.377. The lowest BCUT2D eigenvalue weighted by Crippen LogP contribution is -1.83. The van der Waals surface area contributed by atoms with E-state index in [2.05, 4.69) is 0 Å². The lowest BCUT2D eigenvalue weighted by Gasteiger charge is -1.97. The molecule has 0 aliphatic carbocycles. The molecule has 0 saturated heterocycles. The molecule has 1 aromatic carbocycles. The predicted molar refractivity (Wildman–Crippen MR) is 66.1 cm³/mol. The molecular formula is C10H11ClOS2. The van der Waals surface area contributed by atoms with Crippen LogP contribution in [0.5, 0.6) is 0 Å². The molecule has 0 radical (unpaired) electrons. The van der Waals surface area contributed by atoms with Gasteiger partial charge in [0, 0.05) is 11.2 Å². The van der Waals surface area contributed by atoms with Crippen molar-refractivity contribution < 1.29 is 4.21 Å². The maximum atomic E-state index is 11.0. The number of rotatable bonds is 3. The smallest absolute Gasteiger partial charge is 0.105 e. The second kappa shape index (κ2) is 5.59. The Bertz CT molecular complexity index is 357. The van der Waals surface area contributed by atoms with Gasteiger partial charge in [0.25, 0.3) is 0 Å². The summed E-state index contributed by atoms with van der Waals surface area (Å²) in [6.07, 6.45) is 5.32. The fourth-order valence-corrected chi connectivity index (χ4v) is 1.75. The van der Waals surface area contributed by atoms with Gasteiger partial charge in [-0.15, -0.1) is 11.8 Å². The first-order chi connectivity index (χ1) is 6.63. The largest absolute Gasteiger partial charge is 0.254 e. The Kier molecular flexibility index (Phi) is 4.72. The third-order valence-electron chi connectivity index (χ3n) is 1.67. The molecule has 0 spiro atoms. The van der Waals surface area contributed by atoms with E-state index in [0.29, 0.717) is 4.36 Å². The summed E-state index contributed by atoms with van der Waals surface area (Å²) in [5, 5.41) is 0. The summed E-state index contributed by atoms with van der Waals surface area (Å²) in [5.41, 5.74) is 0.975. The van der Waals surface area contributed by atoms with Crippen LogP contribution in [0.2, 0.25) is 0 Å².